The lowest BCUT2D eigenvalue weighted by Crippen LogP contribution is -2.57. The first-order chi connectivity index (χ1) is 46.7. The molecule has 10 amide bonds. The largest absolute Gasteiger partial charge is 0.481 e. The molecule has 13 atom stereocenters. The van der Waals surface area contributed by atoms with Crippen molar-refractivity contribution in [1.82, 2.24) is 36.0 Å². The topological polar surface area (TPSA) is 431 Å². The number of cyclic esters (lactones) is 1. The number of aliphatic hydroxyl groups is 3. The summed E-state index contributed by atoms with van der Waals surface area (Å²) in [5.74, 6) is -7.57. The second kappa shape index (κ2) is 38.6. The number of carbonyl (C=O) groups is 12. The van der Waals surface area contributed by atoms with Crippen LogP contribution >= 0.6 is 0 Å². The number of epoxide rings is 1. The molecule has 4 aliphatic heterocycles. The van der Waals surface area contributed by atoms with E-state index in [2.05, 4.69) is 26.6 Å². The van der Waals surface area contributed by atoms with Gasteiger partial charge in [0.25, 0.3) is 11.8 Å². The summed E-state index contributed by atoms with van der Waals surface area (Å²) in [7, 11) is 0. The van der Waals surface area contributed by atoms with E-state index in [-0.39, 0.29) is 115 Å². The smallest absolute Gasteiger partial charge is 0.410 e. The van der Waals surface area contributed by atoms with E-state index in [1.165, 1.54) is 41.0 Å². The maximum atomic E-state index is 14.0. The molecule has 30 nitrogen and oxygen atoms in total. The van der Waals surface area contributed by atoms with Crippen molar-refractivity contribution in [2.75, 3.05) is 44.6 Å². The number of nitrogens with two attached hydrogens (primary N) is 1. The van der Waals surface area contributed by atoms with E-state index in [9.17, 15) is 78.0 Å². The second-order valence-corrected chi connectivity index (χ2v) is 26.5. The molecular formula is C69H101N9O21. The molecule has 1 aromatic carbocycles. The summed E-state index contributed by atoms with van der Waals surface area (Å²) in [6.07, 6.45) is 5.77. The Bertz CT molecular complexity index is 3110. The van der Waals surface area contributed by atoms with Crippen LogP contribution in [0.4, 0.5) is 20.1 Å². The van der Waals surface area contributed by atoms with Gasteiger partial charge in [-0.25, -0.2) is 14.4 Å². The van der Waals surface area contributed by atoms with Crippen LogP contribution in [0.2, 0.25) is 0 Å². The minimum atomic E-state index is -1.52. The fraction of sp³-hybridized carbons (Fsp3) is 0.623. The van der Waals surface area contributed by atoms with Gasteiger partial charge in [-0.2, -0.15) is 0 Å². The number of urea groups is 1. The number of nitrogens with one attached hydrogen (secondary N) is 5. The third-order valence-electron chi connectivity index (χ3n) is 17.7. The predicted octanol–water partition coefficient (Wildman–Crippen LogP) is 4.08. The highest BCUT2D eigenvalue weighted by Gasteiger charge is 2.48. The van der Waals surface area contributed by atoms with Gasteiger partial charge in [-0.15, -0.1) is 0 Å². The number of amides is 10. The van der Waals surface area contributed by atoms with Crippen LogP contribution < -0.4 is 32.3 Å². The fourth-order valence-corrected chi connectivity index (χ4v) is 11.7. The number of benzene rings is 1. The standard InChI is InChI=1S/C69H101N9O21/c1-10-51(81)44(6)61-52(96-61)39-68(8,94)30-14-16-42(4)60-43(5)19-25-53(69(9,99-45(7)79)31-29-48(80)38-58(87)98-60)97-67(93)77-36-34-76(35-37-77)66(92)95-40-46-20-22-47(23-21-46)72-62(88)49(17-15-32-71-65(70)91)74-64(90)59(41(2)3)75-63(89)50(24-28-57(85)86)73-54(82)18-12-11-13-33-78-55(83)26-27-56(78)84/h14,16,19-23,25-27,30,41,43-44,48-53,59-61,80-81,94H,10-13,15,17-18,24,28-29,31-40H2,1-9H3,(H,72,88)(H,73,82)(H,74,90)(H,75,89)(H,85,86)(H3,70,71,91)/b25-19+,30-14+,42-16+/t43-,44+,48+,49-,50?,51-,52+,53-,59-,60+,61+,68-,69+/m0/s1. The summed E-state index contributed by atoms with van der Waals surface area (Å²) in [6, 6.07) is 1.55. The number of aliphatic carboxylic acids is 1. The van der Waals surface area contributed by atoms with Crippen LogP contribution in [0.1, 0.15) is 151 Å². The Morgan fingerprint density at radius 2 is 1.48 bits per heavy atom. The third-order valence-corrected chi connectivity index (χ3v) is 17.7. The van der Waals surface area contributed by atoms with Crippen molar-refractivity contribution in [3.63, 3.8) is 0 Å². The van der Waals surface area contributed by atoms with E-state index >= 15 is 0 Å². The number of ether oxygens (including phenoxy) is 5. The van der Waals surface area contributed by atoms with Crippen LogP contribution in [0, 0.1) is 17.8 Å². The van der Waals surface area contributed by atoms with Gasteiger partial charge in [0.1, 0.15) is 36.4 Å². The van der Waals surface area contributed by atoms with Gasteiger partial charge >= 0.3 is 36.1 Å². The number of allylic oxidation sites excluding steroid dienone is 2. The molecule has 0 radical (unpaired) electrons. The number of imide groups is 1. The number of esters is 2. The summed E-state index contributed by atoms with van der Waals surface area (Å²) in [5.41, 5.74) is 3.84. The number of aliphatic hydroxyl groups excluding tert-OH is 2. The van der Waals surface area contributed by atoms with Crippen LogP contribution in [0.3, 0.4) is 0 Å². The predicted molar refractivity (Wildman–Crippen MR) is 358 cm³/mol. The summed E-state index contributed by atoms with van der Waals surface area (Å²) in [6.45, 7) is 15.2. The quantitative estimate of drug-likeness (QED) is 0.00901. The second-order valence-electron chi connectivity index (χ2n) is 26.5. The number of unbranched alkanes of at least 4 members (excludes halogenated alkanes) is 2. The molecule has 1 aromatic rings. The highest BCUT2D eigenvalue weighted by molar-refractivity contribution is 6.12. The molecule has 2 saturated heterocycles. The van der Waals surface area contributed by atoms with E-state index in [1.54, 1.807) is 84.1 Å². The number of piperazine rings is 1. The van der Waals surface area contributed by atoms with Gasteiger partial charge in [0.05, 0.1) is 36.4 Å². The van der Waals surface area contributed by atoms with Crippen molar-refractivity contribution < 1.29 is 102 Å². The maximum absolute atomic E-state index is 14.0. The highest BCUT2D eigenvalue weighted by Crippen LogP contribution is 2.38. The molecule has 30 heteroatoms. The van der Waals surface area contributed by atoms with Crippen LogP contribution in [0.5, 0.6) is 0 Å². The zero-order valence-corrected chi connectivity index (χ0v) is 58.1. The lowest BCUT2D eigenvalue weighted by Gasteiger charge is -2.38. The SMILES string of the molecule is CC[C@H](O)[C@@H](C)[C@H]1O[C@@H]1C[C@@](C)(O)/C=C/C=C(\C)[C@H]1OC(=O)C[C@H](O)CC[C@@](C)(OC(C)=O)[C@@H](OC(=O)N2CCN(C(=O)OCc3ccc(NC(=O)[C@H](CCCNC(N)=O)NC(=O)[C@@H](NC(=O)C(CCC(=O)O)NC(=O)CCCCCN4C(=O)C=CC4=O)C(C)C)cc3)CC2)/C=C/[C@@H]1C. The number of carboxylic acid groups (broad SMARTS) is 1. The van der Waals surface area contributed by atoms with Crippen LogP contribution in [-0.4, -0.2) is 212 Å². The van der Waals surface area contributed by atoms with Crippen molar-refractivity contribution in [2.45, 2.75) is 218 Å². The molecule has 1 unspecified atom stereocenters. The van der Waals surface area contributed by atoms with Gasteiger partial charge in [-0.3, -0.25) is 48.1 Å². The number of carbonyl (C=O) groups excluding carboxylic acids is 11. The lowest BCUT2D eigenvalue weighted by atomic mass is 9.88. The Labute approximate surface area is 577 Å². The van der Waals surface area contributed by atoms with E-state index in [0.29, 0.717) is 43.2 Å². The summed E-state index contributed by atoms with van der Waals surface area (Å²) in [5, 5.41) is 55.0. The summed E-state index contributed by atoms with van der Waals surface area (Å²) >= 11 is 0. The molecule has 0 aromatic heterocycles. The number of anilines is 1. The van der Waals surface area contributed by atoms with Gasteiger partial charge in [0.2, 0.25) is 23.6 Å². The first-order valence-corrected chi connectivity index (χ1v) is 33.8. The van der Waals surface area contributed by atoms with Gasteiger partial charge in [0, 0.05) is 95.1 Å². The Hall–Kier alpha value is -8.74. The van der Waals surface area contributed by atoms with Crippen LogP contribution in [0.25, 0.3) is 0 Å². The molecule has 2 fully saturated rings. The molecular weight excluding hydrogens is 1290 g/mol. The number of hydrogen-bond donors (Lipinski definition) is 10. The minimum absolute atomic E-state index is 0.0174. The Morgan fingerprint density at radius 1 is 0.838 bits per heavy atom. The minimum Gasteiger partial charge on any atom is -0.481 e. The molecule has 99 heavy (non-hydrogen) atoms. The Kier molecular flexibility index (Phi) is 31.5. The highest BCUT2D eigenvalue weighted by atomic mass is 16.6. The van der Waals surface area contributed by atoms with Gasteiger partial charge < -0.3 is 86.2 Å². The molecule has 0 saturated carbocycles. The molecule has 0 bridgehead atoms. The zero-order valence-electron chi connectivity index (χ0n) is 58.1. The molecule has 4 aliphatic rings. The van der Waals surface area contributed by atoms with E-state index in [1.807, 2.05) is 13.8 Å². The summed E-state index contributed by atoms with van der Waals surface area (Å²) < 4.78 is 29.3. The number of rotatable bonds is 33. The van der Waals surface area contributed by atoms with Gasteiger partial charge in [-0.1, -0.05) is 77.5 Å². The monoisotopic (exact) mass is 1390 g/mol. The Morgan fingerprint density at radius 3 is 2.10 bits per heavy atom. The van der Waals surface area contributed by atoms with E-state index in [4.69, 9.17) is 29.4 Å². The van der Waals surface area contributed by atoms with Crippen LogP contribution in [-0.2, 0) is 73.4 Å². The average Bonchev–Trinajstić information content (AvgIpc) is 1.74. The summed E-state index contributed by atoms with van der Waals surface area (Å²) in [4.78, 5) is 158. The Balaban J connectivity index is 1.16. The number of carboxylic acids is 1. The lowest BCUT2D eigenvalue weighted by molar-refractivity contribution is -0.168. The molecule has 4 heterocycles. The van der Waals surface area contributed by atoms with Crippen molar-refractivity contribution in [2.24, 2.45) is 23.5 Å². The van der Waals surface area contributed by atoms with Gasteiger partial charge in [-0.05, 0) is 107 Å². The van der Waals surface area contributed by atoms with E-state index in [0.717, 1.165) is 4.90 Å². The first-order valence-electron chi connectivity index (χ1n) is 33.8. The van der Waals surface area contributed by atoms with Crippen LogP contribution in [0.15, 0.2) is 72.4 Å². The van der Waals surface area contributed by atoms with Crippen molar-refractivity contribution >= 4 is 77.3 Å². The fourth-order valence-electron chi connectivity index (χ4n) is 11.7. The zero-order chi connectivity index (χ0) is 73.3. The molecule has 0 aliphatic carbocycles. The van der Waals surface area contributed by atoms with Crippen molar-refractivity contribution in [1.29, 1.82) is 0 Å². The first kappa shape index (κ1) is 80.9. The number of primary amides is 1. The third kappa shape index (κ3) is 26.8. The normalized spacial score (nSPS) is 23.7. The molecule has 548 valence electrons. The maximum Gasteiger partial charge on any atom is 0.410 e. The number of hydrogen-bond acceptors (Lipinski definition) is 20. The molecule has 11 N–H and O–H groups in total. The van der Waals surface area contributed by atoms with Crippen molar-refractivity contribution in [3.8, 4) is 0 Å². The van der Waals surface area contributed by atoms with Gasteiger partial charge in [0.15, 0.2) is 6.10 Å². The molecule has 0 spiro atoms. The van der Waals surface area contributed by atoms with Crippen molar-refractivity contribution in [3.05, 3.63) is 77.9 Å². The molecule has 5 rings (SSSR count). The van der Waals surface area contributed by atoms with E-state index < -0.39 is 144 Å². The average molecular weight is 1390 g/mol. The number of nitrogens with zero attached hydrogens (tertiary/aromatic N) is 3.